The molecule has 1 fully saturated rings. The number of nitrogens with zero attached hydrogens (tertiary/aromatic N) is 3. The van der Waals surface area contributed by atoms with E-state index in [0.717, 1.165) is 10.5 Å². The fraction of sp³-hybridized carbons (Fsp3) is 0.545. The van der Waals surface area contributed by atoms with Gasteiger partial charge in [-0.25, -0.2) is 8.42 Å². The van der Waals surface area contributed by atoms with Crippen LogP contribution in [0.3, 0.4) is 0 Å². The molecule has 0 saturated carbocycles. The van der Waals surface area contributed by atoms with Gasteiger partial charge in [0.2, 0.25) is 15.9 Å². The molecule has 21 heavy (non-hydrogen) atoms. The van der Waals surface area contributed by atoms with Crippen molar-refractivity contribution >= 4 is 21.9 Å². The zero-order valence-corrected chi connectivity index (χ0v) is 12.0. The van der Waals surface area contributed by atoms with Crippen molar-refractivity contribution in [2.45, 2.75) is 36.7 Å². The molecule has 2 heterocycles. The van der Waals surface area contributed by atoms with Crippen molar-refractivity contribution < 1.29 is 23.1 Å². The first kappa shape index (κ1) is 15.4. The maximum atomic E-state index is 12.4. The van der Waals surface area contributed by atoms with Gasteiger partial charge in [-0.1, -0.05) is 0 Å². The van der Waals surface area contributed by atoms with Crippen molar-refractivity contribution in [2.75, 3.05) is 6.54 Å². The second kappa shape index (κ2) is 5.82. The van der Waals surface area contributed by atoms with Crippen LogP contribution in [0.4, 0.5) is 0 Å². The van der Waals surface area contributed by atoms with Crippen LogP contribution < -0.4 is 5.73 Å². The molecule has 1 aromatic heterocycles. The molecule has 1 saturated heterocycles. The van der Waals surface area contributed by atoms with Crippen LogP contribution in [0.1, 0.15) is 19.3 Å². The summed E-state index contributed by atoms with van der Waals surface area (Å²) in [6, 6.07) is -0.836. The molecular weight excluding hydrogens is 300 g/mol. The van der Waals surface area contributed by atoms with Crippen molar-refractivity contribution in [1.82, 2.24) is 14.1 Å². The number of carbonyl (C=O) groups is 2. The quantitative estimate of drug-likeness (QED) is 0.690. The molecule has 2 rings (SSSR count). The van der Waals surface area contributed by atoms with E-state index in [1.54, 1.807) is 0 Å². The summed E-state index contributed by atoms with van der Waals surface area (Å²) >= 11 is 0. The highest BCUT2D eigenvalue weighted by Crippen LogP contribution is 2.25. The zero-order chi connectivity index (χ0) is 15.6. The number of primary amides is 1. The number of aromatic nitrogens is 2. The first-order valence-corrected chi connectivity index (χ1v) is 7.82. The smallest absolute Gasteiger partial charge is 0.305 e. The molecule has 0 spiro atoms. The van der Waals surface area contributed by atoms with E-state index < -0.39 is 27.9 Å². The van der Waals surface area contributed by atoms with Crippen LogP contribution in [0.25, 0.3) is 0 Å². The monoisotopic (exact) mass is 316 g/mol. The standard InChI is InChI=1S/C11H16N4O5S/c12-11(18)9-2-1-4-15(9)21(19,20)8-6-13-14(7-8)5-3-10(16)17/h6-7,9H,1-5H2,(H2,12,18)(H,16,17). The molecule has 0 aliphatic carbocycles. The topological polar surface area (TPSA) is 136 Å². The van der Waals surface area contributed by atoms with Gasteiger partial charge in [0.1, 0.15) is 10.9 Å². The van der Waals surface area contributed by atoms with Crippen LogP contribution in [0.5, 0.6) is 0 Å². The third kappa shape index (κ3) is 3.22. The largest absolute Gasteiger partial charge is 0.481 e. The first-order valence-electron chi connectivity index (χ1n) is 6.38. The van der Waals surface area contributed by atoms with E-state index in [2.05, 4.69) is 5.10 Å². The summed E-state index contributed by atoms with van der Waals surface area (Å²) in [5, 5.41) is 12.4. The summed E-state index contributed by atoms with van der Waals surface area (Å²) in [6.45, 7) is 0.306. The number of aryl methyl sites for hydroxylation is 1. The number of hydrogen-bond acceptors (Lipinski definition) is 5. The number of aliphatic carboxylic acids is 1. The Labute approximate surface area is 121 Å². The number of hydrogen-bond donors (Lipinski definition) is 2. The van der Waals surface area contributed by atoms with Crippen molar-refractivity contribution in [3.05, 3.63) is 12.4 Å². The molecule has 1 aromatic rings. The minimum atomic E-state index is -3.85. The maximum Gasteiger partial charge on any atom is 0.305 e. The number of amides is 1. The molecule has 9 nitrogen and oxygen atoms in total. The summed E-state index contributed by atoms with van der Waals surface area (Å²) in [4.78, 5) is 21.7. The minimum absolute atomic E-state index is 0.0685. The van der Waals surface area contributed by atoms with E-state index in [1.165, 1.54) is 10.9 Å². The normalized spacial score (nSPS) is 19.7. The van der Waals surface area contributed by atoms with E-state index in [0.29, 0.717) is 12.8 Å². The van der Waals surface area contributed by atoms with E-state index in [4.69, 9.17) is 10.8 Å². The minimum Gasteiger partial charge on any atom is -0.481 e. The average Bonchev–Trinajstić information content (AvgIpc) is 3.05. The van der Waals surface area contributed by atoms with Crippen LogP contribution in [0, 0.1) is 0 Å². The number of rotatable bonds is 6. The van der Waals surface area contributed by atoms with Crippen molar-refractivity contribution in [2.24, 2.45) is 5.73 Å². The molecule has 1 aliphatic heterocycles. The van der Waals surface area contributed by atoms with E-state index >= 15 is 0 Å². The Morgan fingerprint density at radius 3 is 2.81 bits per heavy atom. The number of carboxylic acid groups (broad SMARTS) is 1. The van der Waals surface area contributed by atoms with Gasteiger partial charge in [-0.2, -0.15) is 9.40 Å². The molecule has 0 aromatic carbocycles. The molecule has 1 amide bonds. The summed E-state index contributed by atoms with van der Waals surface area (Å²) in [7, 11) is -3.85. The van der Waals surface area contributed by atoms with Gasteiger partial charge in [0, 0.05) is 12.7 Å². The Balaban J connectivity index is 2.20. The fourth-order valence-electron chi connectivity index (χ4n) is 2.26. The van der Waals surface area contributed by atoms with Gasteiger partial charge in [0.05, 0.1) is 19.2 Å². The molecule has 3 N–H and O–H groups in total. The zero-order valence-electron chi connectivity index (χ0n) is 11.2. The lowest BCUT2D eigenvalue weighted by molar-refractivity contribution is -0.137. The van der Waals surface area contributed by atoms with Crippen molar-refractivity contribution in [1.29, 1.82) is 0 Å². The molecular formula is C11H16N4O5S. The molecule has 0 bridgehead atoms. The number of sulfonamides is 1. The van der Waals surface area contributed by atoms with E-state index in [-0.39, 0.29) is 24.4 Å². The predicted molar refractivity (Wildman–Crippen MR) is 70.6 cm³/mol. The first-order chi connectivity index (χ1) is 9.82. The Hall–Kier alpha value is -1.94. The highest BCUT2D eigenvalue weighted by Gasteiger charge is 2.38. The number of carbonyl (C=O) groups excluding carboxylic acids is 1. The SMILES string of the molecule is NC(=O)C1CCCN1S(=O)(=O)c1cnn(CCC(=O)O)c1. The third-order valence-corrected chi connectivity index (χ3v) is 5.16. The summed E-state index contributed by atoms with van der Waals surface area (Å²) < 4.78 is 27.2. The van der Waals surface area contributed by atoms with Gasteiger partial charge in [-0.15, -0.1) is 0 Å². The van der Waals surface area contributed by atoms with Crippen LogP contribution >= 0.6 is 0 Å². The van der Waals surface area contributed by atoms with Gasteiger partial charge in [-0.05, 0) is 12.8 Å². The third-order valence-electron chi connectivity index (χ3n) is 3.30. The van der Waals surface area contributed by atoms with Gasteiger partial charge in [-0.3, -0.25) is 14.3 Å². The average molecular weight is 316 g/mol. The Morgan fingerprint density at radius 2 is 2.19 bits per heavy atom. The van der Waals surface area contributed by atoms with Gasteiger partial charge >= 0.3 is 5.97 Å². The Morgan fingerprint density at radius 1 is 1.48 bits per heavy atom. The second-order valence-electron chi connectivity index (χ2n) is 4.76. The second-order valence-corrected chi connectivity index (χ2v) is 6.65. The van der Waals surface area contributed by atoms with Crippen LogP contribution in [-0.4, -0.2) is 52.1 Å². The van der Waals surface area contributed by atoms with E-state index in [1.807, 2.05) is 0 Å². The van der Waals surface area contributed by atoms with Crippen LogP contribution in [0.15, 0.2) is 17.3 Å². The lowest BCUT2D eigenvalue weighted by Gasteiger charge is -2.20. The van der Waals surface area contributed by atoms with Crippen molar-refractivity contribution in [3.63, 3.8) is 0 Å². The maximum absolute atomic E-state index is 12.4. The summed E-state index contributed by atoms with van der Waals surface area (Å²) in [5.74, 6) is -1.67. The van der Waals surface area contributed by atoms with Crippen LogP contribution in [-0.2, 0) is 26.2 Å². The van der Waals surface area contributed by atoms with E-state index in [9.17, 15) is 18.0 Å². The molecule has 1 atom stereocenters. The number of carboxylic acids is 1. The lowest BCUT2D eigenvalue weighted by atomic mass is 10.2. The molecule has 10 heteroatoms. The Kier molecular flexibility index (Phi) is 4.28. The highest BCUT2D eigenvalue weighted by molar-refractivity contribution is 7.89. The molecule has 116 valence electrons. The molecule has 0 radical (unpaired) electrons. The lowest BCUT2D eigenvalue weighted by Crippen LogP contribution is -2.43. The predicted octanol–water partition coefficient (Wildman–Crippen LogP) is -1.00. The summed E-state index contributed by atoms with van der Waals surface area (Å²) in [5.41, 5.74) is 5.22. The highest BCUT2D eigenvalue weighted by atomic mass is 32.2. The summed E-state index contributed by atoms with van der Waals surface area (Å²) in [6.07, 6.45) is 3.22. The van der Waals surface area contributed by atoms with Gasteiger partial charge in [0.15, 0.2) is 0 Å². The molecule has 1 unspecified atom stereocenters. The molecule has 1 aliphatic rings. The Bertz CT molecular complexity index is 653. The fourth-order valence-corrected chi connectivity index (χ4v) is 3.88. The van der Waals surface area contributed by atoms with Gasteiger partial charge in [0.25, 0.3) is 0 Å². The van der Waals surface area contributed by atoms with Crippen molar-refractivity contribution in [3.8, 4) is 0 Å². The van der Waals surface area contributed by atoms with Gasteiger partial charge < -0.3 is 10.8 Å². The number of nitrogens with two attached hydrogens (primary N) is 1. The van der Waals surface area contributed by atoms with Crippen LogP contribution in [0.2, 0.25) is 0 Å².